The molecule has 0 N–H and O–H groups in total. The molecule has 2 heteroatoms. The number of allylic oxidation sites excluding steroid dienone is 3. The lowest BCUT2D eigenvalue weighted by Crippen LogP contribution is -2.14. The average molecular weight is 234 g/mol. The Bertz CT molecular complexity index is 352. The largest absolute Gasteiger partial charge is 0.463 e. The summed E-state index contributed by atoms with van der Waals surface area (Å²) in [4.78, 5) is 12.0. The van der Waals surface area contributed by atoms with Crippen LogP contribution in [0.2, 0.25) is 0 Å². The molecule has 0 radical (unpaired) electrons. The molecule has 0 aromatic rings. The van der Waals surface area contributed by atoms with Crippen molar-refractivity contribution in [3.63, 3.8) is 0 Å². The van der Waals surface area contributed by atoms with Gasteiger partial charge in [-0.05, 0) is 32.1 Å². The molecule has 0 aromatic carbocycles. The molecule has 2 bridgehead atoms. The Kier molecular flexibility index (Phi) is 4.03. The fraction of sp³-hybridized carbons (Fsp3) is 0.667. The number of fused-ring (bicyclic) bond motifs is 2. The number of ether oxygens (including phenoxy) is 1. The maximum Gasteiger partial charge on any atom is 0.334 e. The fourth-order valence-electron chi connectivity index (χ4n) is 2.99. The number of unbranched alkanes of at least 4 members (excludes halogenated alkanes) is 2. The van der Waals surface area contributed by atoms with Gasteiger partial charge in [0.15, 0.2) is 0 Å². The Balaban J connectivity index is 2.08. The van der Waals surface area contributed by atoms with E-state index in [1.165, 1.54) is 24.8 Å². The summed E-state index contributed by atoms with van der Waals surface area (Å²) >= 11 is 0. The Morgan fingerprint density at radius 3 is 2.76 bits per heavy atom. The van der Waals surface area contributed by atoms with Crippen molar-refractivity contribution in [2.75, 3.05) is 6.61 Å². The van der Waals surface area contributed by atoms with Crippen LogP contribution in [0.1, 0.15) is 46.0 Å². The van der Waals surface area contributed by atoms with Crippen LogP contribution in [-0.2, 0) is 9.53 Å². The summed E-state index contributed by atoms with van der Waals surface area (Å²) in [7, 11) is 0. The summed E-state index contributed by atoms with van der Waals surface area (Å²) in [5.41, 5.74) is 2.35. The molecule has 0 spiro atoms. The number of hydrogen-bond acceptors (Lipinski definition) is 2. The zero-order valence-electron chi connectivity index (χ0n) is 10.9. The van der Waals surface area contributed by atoms with Crippen molar-refractivity contribution in [1.29, 1.82) is 0 Å². The highest BCUT2D eigenvalue weighted by molar-refractivity contribution is 5.91. The second kappa shape index (κ2) is 5.52. The lowest BCUT2D eigenvalue weighted by atomic mass is 9.92. The van der Waals surface area contributed by atoms with Crippen molar-refractivity contribution in [2.24, 2.45) is 11.8 Å². The molecule has 2 rings (SSSR count). The van der Waals surface area contributed by atoms with Gasteiger partial charge in [-0.15, -0.1) is 0 Å². The van der Waals surface area contributed by atoms with Crippen molar-refractivity contribution >= 4 is 5.97 Å². The molecule has 0 saturated carbocycles. The normalized spacial score (nSPS) is 25.8. The van der Waals surface area contributed by atoms with Crippen molar-refractivity contribution in [3.8, 4) is 0 Å². The van der Waals surface area contributed by atoms with Gasteiger partial charge in [0, 0.05) is 11.5 Å². The molecule has 0 aromatic heterocycles. The number of rotatable bonds is 6. The molecule has 0 heterocycles. The molecule has 94 valence electrons. The van der Waals surface area contributed by atoms with Crippen LogP contribution in [0.25, 0.3) is 0 Å². The van der Waals surface area contributed by atoms with E-state index in [1.807, 2.05) is 6.92 Å². The molecule has 0 amide bonds. The lowest BCUT2D eigenvalue weighted by Gasteiger charge is -2.15. The predicted molar refractivity (Wildman–Crippen MR) is 68.5 cm³/mol. The first-order valence-corrected chi connectivity index (χ1v) is 6.86. The van der Waals surface area contributed by atoms with Crippen molar-refractivity contribution in [2.45, 2.75) is 46.0 Å². The maximum absolute atomic E-state index is 12.0. The van der Waals surface area contributed by atoms with Crippen LogP contribution < -0.4 is 0 Å². The molecule has 2 aliphatic carbocycles. The Morgan fingerprint density at radius 1 is 1.29 bits per heavy atom. The first kappa shape index (κ1) is 12.4. The number of carbonyl (C=O) groups is 1. The molecule has 2 atom stereocenters. The minimum Gasteiger partial charge on any atom is -0.463 e. The van der Waals surface area contributed by atoms with E-state index >= 15 is 0 Å². The molecule has 2 aliphatic rings. The standard InChI is InChI=1S/C15H22O2/c1-3-5-6-7-13-11-8-9-12(10-11)14(13)15(16)17-4-2/h8-9,11-12H,3-7,10H2,1-2H3/t11-,12+/m1/s1. The highest BCUT2D eigenvalue weighted by Crippen LogP contribution is 2.46. The molecule has 0 aliphatic heterocycles. The van der Waals surface area contributed by atoms with Crippen LogP contribution in [0, 0.1) is 11.8 Å². The molecule has 17 heavy (non-hydrogen) atoms. The topological polar surface area (TPSA) is 26.3 Å². The first-order chi connectivity index (χ1) is 8.27. The van der Waals surface area contributed by atoms with Gasteiger partial charge in [0.25, 0.3) is 0 Å². The second-order valence-corrected chi connectivity index (χ2v) is 4.95. The Labute approximate surface area is 104 Å². The molecular weight excluding hydrogens is 212 g/mol. The zero-order chi connectivity index (χ0) is 12.3. The van der Waals surface area contributed by atoms with E-state index in [-0.39, 0.29) is 5.97 Å². The van der Waals surface area contributed by atoms with Gasteiger partial charge >= 0.3 is 5.97 Å². The highest BCUT2D eigenvalue weighted by Gasteiger charge is 2.38. The van der Waals surface area contributed by atoms with Crippen LogP contribution in [0.4, 0.5) is 0 Å². The van der Waals surface area contributed by atoms with Gasteiger partial charge in [-0.1, -0.05) is 37.5 Å². The van der Waals surface area contributed by atoms with Gasteiger partial charge < -0.3 is 4.74 Å². The molecule has 0 fully saturated rings. The molecule has 0 saturated heterocycles. The zero-order valence-corrected chi connectivity index (χ0v) is 10.9. The third-order valence-electron chi connectivity index (χ3n) is 3.79. The molecular formula is C15H22O2. The number of esters is 1. The van der Waals surface area contributed by atoms with Crippen LogP contribution in [0.15, 0.2) is 23.3 Å². The quantitative estimate of drug-likeness (QED) is 0.398. The van der Waals surface area contributed by atoms with E-state index < -0.39 is 0 Å². The summed E-state index contributed by atoms with van der Waals surface area (Å²) in [6, 6.07) is 0. The summed E-state index contributed by atoms with van der Waals surface area (Å²) in [6.07, 6.45) is 10.3. The van der Waals surface area contributed by atoms with Gasteiger partial charge in [-0.3, -0.25) is 0 Å². The summed E-state index contributed by atoms with van der Waals surface area (Å²) < 4.78 is 5.18. The van der Waals surface area contributed by atoms with E-state index in [9.17, 15) is 4.79 Å². The number of hydrogen-bond donors (Lipinski definition) is 0. The average Bonchev–Trinajstić information content (AvgIpc) is 2.90. The van der Waals surface area contributed by atoms with Gasteiger partial charge in [-0.25, -0.2) is 4.79 Å². The predicted octanol–water partition coefficient (Wildman–Crippen LogP) is 3.63. The minimum absolute atomic E-state index is 0.0733. The molecule has 2 nitrogen and oxygen atoms in total. The number of carbonyl (C=O) groups excluding carboxylic acids is 1. The monoisotopic (exact) mass is 234 g/mol. The van der Waals surface area contributed by atoms with Gasteiger partial charge in [0.2, 0.25) is 0 Å². The van der Waals surface area contributed by atoms with Crippen LogP contribution >= 0.6 is 0 Å². The summed E-state index contributed by atoms with van der Waals surface area (Å²) in [5, 5.41) is 0. The van der Waals surface area contributed by atoms with Gasteiger partial charge in [-0.2, -0.15) is 0 Å². The maximum atomic E-state index is 12.0. The van der Waals surface area contributed by atoms with E-state index in [2.05, 4.69) is 19.1 Å². The fourth-order valence-corrected chi connectivity index (χ4v) is 2.99. The summed E-state index contributed by atoms with van der Waals surface area (Å²) in [5.74, 6) is 0.794. The third-order valence-corrected chi connectivity index (χ3v) is 3.79. The van der Waals surface area contributed by atoms with E-state index in [0.29, 0.717) is 18.4 Å². The lowest BCUT2D eigenvalue weighted by molar-refractivity contribution is -0.138. The van der Waals surface area contributed by atoms with Crippen LogP contribution in [0.3, 0.4) is 0 Å². The van der Waals surface area contributed by atoms with Crippen molar-refractivity contribution in [1.82, 2.24) is 0 Å². The van der Waals surface area contributed by atoms with E-state index in [0.717, 1.165) is 18.4 Å². The Morgan fingerprint density at radius 2 is 2.06 bits per heavy atom. The van der Waals surface area contributed by atoms with Crippen molar-refractivity contribution < 1.29 is 9.53 Å². The highest BCUT2D eigenvalue weighted by atomic mass is 16.5. The van der Waals surface area contributed by atoms with Crippen LogP contribution in [0.5, 0.6) is 0 Å². The molecule has 0 unspecified atom stereocenters. The van der Waals surface area contributed by atoms with Gasteiger partial charge in [0.1, 0.15) is 0 Å². The Hall–Kier alpha value is -1.05. The van der Waals surface area contributed by atoms with E-state index in [1.54, 1.807) is 0 Å². The smallest absolute Gasteiger partial charge is 0.334 e. The summed E-state index contributed by atoms with van der Waals surface area (Å²) in [6.45, 7) is 4.56. The SMILES string of the molecule is CCCCCC1=C(C(=O)OCC)[C@H]2C=C[C@@H]1C2. The third kappa shape index (κ3) is 2.46. The van der Waals surface area contributed by atoms with Crippen LogP contribution in [-0.4, -0.2) is 12.6 Å². The van der Waals surface area contributed by atoms with Gasteiger partial charge in [0.05, 0.1) is 6.61 Å². The first-order valence-electron chi connectivity index (χ1n) is 6.86. The second-order valence-electron chi connectivity index (χ2n) is 4.95. The van der Waals surface area contributed by atoms with Crippen molar-refractivity contribution in [3.05, 3.63) is 23.3 Å². The van der Waals surface area contributed by atoms with E-state index in [4.69, 9.17) is 4.74 Å². The minimum atomic E-state index is -0.0733.